The summed E-state index contributed by atoms with van der Waals surface area (Å²) in [5, 5.41) is 29.1. The number of carbonyl (C=O) groups excluding carboxylic acids is 4. The summed E-state index contributed by atoms with van der Waals surface area (Å²) in [4.78, 5) is 75.1. The molecule has 262 valence electrons. The number of hydrogen-bond donors (Lipinski definition) is 6. The molecule has 2 rings (SSSR count). The average molecular weight is 707 g/mol. The summed E-state index contributed by atoms with van der Waals surface area (Å²) in [5.74, 6) is -5.32. The van der Waals surface area contributed by atoms with Gasteiger partial charge in [0.15, 0.2) is 13.2 Å². The second-order valence-electron chi connectivity index (χ2n) is 11.1. The normalized spacial score (nSPS) is 13.4. The molecule has 2 aromatic rings. The van der Waals surface area contributed by atoms with E-state index in [1.807, 2.05) is 0 Å². The summed E-state index contributed by atoms with van der Waals surface area (Å²) in [6, 6.07) is 12.3. The Labute approximate surface area is 286 Å². The Morgan fingerprint density at radius 1 is 0.583 bits per heavy atom. The lowest BCUT2D eigenvalue weighted by molar-refractivity contribution is -0.143. The van der Waals surface area contributed by atoms with E-state index < -0.39 is 84.8 Å². The van der Waals surface area contributed by atoms with Gasteiger partial charge in [-0.25, -0.2) is 9.59 Å². The largest absolute Gasteiger partial charge is 0.484 e. The first-order valence-corrected chi connectivity index (χ1v) is 17.5. The van der Waals surface area contributed by atoms with Gasteiger partial charge in [0, 0.05) is 11.5 Å². The van der Waals surface area contributed by atoms with Gasteiger partial charge < -0.3 is 41.0 Å². The molecule has 0 aliphatic carbocycles. The Balaban J connectivity index is 2.10. The molecule has 4 atom stereocenters. The number of benzene rings is 2. The molecule has 0 heterocycles. The lowest BCUT2D eigenvalue weighted by atomic mass is 10.0. The summed E-state index contributed by atoms with van der Waals surface area (Å²) in [6.07, 6.45) is 0. The number of nitrogens with one attached hydrogen (secondary N) is 4. The maximum Gasteiger partial charge on any atom is 0.326 e. The Bertz CT molecular complexity index is 1260. The van der Waals surface area contributed by atoms with Crippen molar-refractivity contribution in [3.8, 4) is 11.5 Å². The first-order chi connectivity index (χ1) is 22.8. The molecule has 0 unspecified atom stereocenters. The van der Waals surface area contributed by atoms with Gasteiger partial charge in [-0.1, -0.05) is 85.7 Å². The van der Waals surface area contributed by atoms with Gasteiger partial charge in [-0.2, -0.15) is 0 Å². The number of rotatable bonds is 21. The maximum absolute atomic E-state index is 13.1. The van der Waals surface area contributed by atoms with Crippen LogP contribution in [0.25, 0.3) is 0 Å². The molecule has 48 heavy (non-hydrogen) atoms. The van der Waals surface area contributed by atoms with Crippen molar-refractivity contribution >= 4 is 57.2 Å². The van der Waals surface area contributed by atoms with Crippen LogP contribution >= 0.6 is 21.6 Å². The monoisotopic (exact) mass is 706 g/mol. The van der Waals surface area contributed by atoms with Crippen LogP contribution in [0.2, 0.25) is 0 Å². The molecule has 0 saturated heterocycles. The van der Waals surface area contributed by atoms with Gasteiger partial charge in [0.05, 0.1) is 0 Å². The highest BCUT2D eigenvalue weighted by Crippen LogP contribution is 2.24. The number of aliphatic carboxylic acids is 2. The minimum atomic E-state index is -1.24. The lowest BCUT2D eigenvalue weighted by Gasteiger charge is -2.24. The summed E-state index contributed by atoms with van der Waals surface area (Å²) in [7, 11) is 2.16. The number of para-hydroxylation sites is 2. The number of carboxylic acids is 2. The van der Waals surface area contributed by atoms with Crippen molar-refractivity contribution in [2.45, 2.75) is 51.9 Å². The highest BCUT2D eigenvalue weighted by molar-refractivity contribution is 8.76. The number of hydrogen-bond acceptors (Lipinski definition) is 10. The average Bonchev–Trinajstić information content (AvgIpc) is 3.05. The van der Waals surface area contributed by atoms with E-state index in [4.69, 9.17) is 9.47 Å². The standard InChI is InChI=1S/C32H42N4O10S2/c1-19(2)27(31(41)42)35-29(39)23(33-25(37)15-45-21-11-7-5-8-12-21)17-47-48-18-24(30(40)36-28(20(3)4)32(43)44)34-26(38)16-46-22-13-9-6-10-14-22/h5-14,19-20,23-24,27-28H,15-18H2,1-4H3,(H,33,37)(H,34,38)(H,35,39)(H,36,40)(H,41,42)(H,43,44)/t23-,24-,27+,28+/m0/s1. The first kappa shape index (κ1) is 39.7. The van der Waals surface area contributed by atoms with Crippen molar-refractivity contribution < 1.29 is 48.5 Å². The van der Waals surface area contributed by atoms with Crippen molar-refractivity contribution in [3.05, 3.63) is 60.7 Å². The van der Waals surface area contributed by atoms with E-state index >= 15 is 0 Å². The molecule has 0 saturated carbocycles. The second-order valence-corrected chi connectivity index (χ2v) is 13.7. The van der Waals surface area contributed by atoms with Crippen LogP contribution in [0.15, 0.2) is 60.7 Å². The minimum absolute atomic E-state index is 0.0544. The van der Waals surface area contributed by atoms with Crippen molar-refractivity contribution in [1.82, 2.24) is 21.3 Å². The molecule has 0 bridgehead atoms. The van der Waals surface area contributed by atoms with Gasteiger partial charge in [0.25, 0.3) is 11.8 Å². The first-order valence-electron chi connectivity index (χ1n) is 15.0. The fourth-order valence-corrected chi connectivity index (χ4v) is 6.26. The van der Waals surface area contributed by atoms with Gasteiger partial charge in [-0.15, -0.1) is 0 Å². The Hall–Kier alpha value is -4.44. The molecular weight excluding hydrogens is 665 g/mol. The smallest absolute Gasteiger partial charge is 0.326 e. The fraction of sp³-hybridized carbons (Fsp3) is 0.438. The molecule has 6 N–H and O–H groups in total. The van der Waals surface area contributed by atoms with Gasteiger partial charge in [0.1, 0.15) is 35.7 Å². The maximum atomic E-state index is 13.1. The number of carbonyl (C=O) groups is 6. The second kappa shape index (κ2) is 20.7. The van der Waals surface area contributed by atoms with E-state index in [0.29, 0.717) is 11.5 Å². The van der Waals surface area contributed by atoms with Crippen molar-refractivity contribution in [2.24, 2.45) is 11.8 Å². The third kappa shape index (κ3) is 14.5. The van der Waals surface area contributed by atoms with Gasteiger partial charge in [-0.3, -0.25) is 19.2 Å². The molecule has 2 aromatic carbocycles. The summed E-state index contributed by atoms with van der Waals surface area (Å²) < 4.78 is 10.9. The zero-order valence-corrected chi connectivity index (χ0v) is 28.7. The molecule has 0 aliphatic rings. The molecule has 16 heteroatoms. The lowest BCUT2D eigenvalue weighted by Crippen LogP contribution is -2.55. The van der Waals surface area contributed by atoms with Gasteiger partial charge >= 0.3 is 11.9 Å². The summed E-state index contributed by atoms with van der Waals surface area (Å²) >= 11 is 0. The van der Waals surface area contributed by atoms with Crippen LogP contribution in [0.4, 0.5) is 0 Å². The summed E-state index contributed by atoms with van der Waals surface area (Å²) in [5.41, 5.74) is 0. The van der Waals surface area contributed by atoms with Crippen LogP contribution in [0.3, 0.4) is 0 Å². The predicted octanol–water partition coefficient (Wildman–Crippen LogP) is 1.95. The van der Waals surface area contributed by atoms with E-state index in [0.717, 1.165) is 21.6 Å². The quantitative estimate of drug-likeness (QED) is 0.0813. The number of carboxylic acid groups (broad SMARTS) is 2. The van der Waals surface area contributed by atoms with E-state index in [1.165, 1.54) is 0 Å². The zero-order chi connectivity index (χ0) is 35.6. The molecule has 14 nitrogen and oxygen atoms in total. The van der Waals surface area contributed by atoms with Crippen LogP contribution in [-0.4, -0.2) is 94.7 Å². The topological polar surface area (TPSA) is 209 Å². The Morgan fingerprint density at radius 3 is 1.21 bits per heavy atom. The zero-order valence-electron chi connectivity index (χ0n) is 27.0. The van der Waals surface area contributed by atoms with E-state index in [1.54, 1.807) is 88.4 Å². The predicted molar refractivity (Wildman–Crippen MR) is 181 cm³/mol. The Morgan fingerprint density at radius 2 is 0.917 bits per heavy atom. The molecule has 4 amide bonds. The third-order valence-electron chi connectivity index (χ3n) is 6.54. The molecule has 0 aliphatic heterocycles. The van der Waals surface area contributed by atoms with Crippen LogP contribution < -0.4 is 30.7 Å². The van der Waals surface area contributed by atoms with Crippen LogP contribution in [0.5, 0.6) is 11.5 Å². The van der Waals surface area contributed by atoms with Crippen LogP contribution in [0.1, 0.15) is 27.7 Å². The molecule has 0 aromatic heterocycles. The van der Waals surface area contributed by atoms with Crippen LogP contribution in [-0.2, 0) is 28.8 Å². The Kier molecular flexibility index (Phi) is 17.2. The third-order valence-corrected chi connectivity index (χ3v) is 8.97. The minimum Gasteiger partial charge on any atom is -0.484 e. The van der Waals surface area contributed by atoms with Crippen molar-refractivity contribution in [1.29, 1.82) is 0 Å². The van der Waals surface area contributed by atoms with E-state index in [-0.39, 0.29) is 11.5 Å². The molecule has 0 radical (unpaired) electrons. The molecular formula is C32H42N4O10S2. The molecule has 0 spiro atoms. The highest BCUT2D eigenvalue weighted by Gasteiger charge is 2.31. The van der Waals surface area contributed by atoms with Crippen LogP contribution in [0, 0.1) is 11.8 Å². The van der Waals surface area contributed by atoms with E-state index in [2.05, 4.69) is 21.3 Å². The fourth-order valence-electron chi connectivity index (χ4n) is 3.94. The highest BCUT2D eigenvalue weighted by atomic mass is 33.1. The van der Waals surface area contributed by atoms with E-state index in [9.17, 15) is 39.0 Å². The number of amides is 4. The SMILES string of the molecule is CC(C)[C@@H](NC(=O)[C@H](CSSC[C@H](NC(=O)COc1ccccc1)C(=O)N[C@@H](C(=O)O)C(C)C)NC(=O)COc1ccccc1)C(=O)O. The number of ether oxygens (including phenoxy) is 2. The van der Waals surface area contributed by atoms with Gasteiger partial charge in [0.2, 0.25) is 11.8 Å². The van der Waals surface area contributed by atoms with Gasteiger partial charge in [-0.05, 0) is 36.1 Å². The molecule has 0 fully saturated rings. The van der Waals surface area contributed by atoms with Crippen molar-refractivity contribution in [2.75, 3.05) is 24.7 Å². The summed E-state index contributed by atoms with van der Waals surface area (Å²) in [6.45, 7) is 5.70. The van der Waals surface area contributed by atoms with Crippen molar-refractivity contribution in [3.63, 3.8) is 0 Å².